The van der Waals surface area contributed by atoms with E-state index in [1.54, 1.807) is 0 Å². The van der Waals surface area contributed by atoms with Gasteiger partial charge in [-0.15, -0.1) is 0 Å². The molecule has 1 rings (SSSR count). The number of unbranched alkanes of at least 4 members (excludes halogenated alkanes) is 1. The number of hydrogen-bond donors (Lipinski definition) is 3. The summed E-state index contributed by atoms with van der Waals surface area (Å²) in [7, 11) is 4.15. The van der Waals surface area contributed by atoms with Gasteiger partial charge in [-0.05, 0) is 49.4 Å². The van der Waals surface area contributed by atoms with E-state index in [-0.39, 0.29) is 0 Å². The van der Waals surface area contributed by atoms with Crippen molar-refractivity contribution in [1.29, 1.82) is 0 Å². The van der Waals surface area contributed by atoms with Crippen LogP contribution in [0.5, 0.6) is 0 Å². The highest BCUT2D eigenvalue weighted by atomic mass is 79.9. The Hall–Kier alpha value is -0.920. The molecule has 0 saturated heterocycles. The van der Waals surface area contributed by atoms with E-state index in [2.05, 4.69) is 55.6 Å². The van der Waals surface area contributed by atoms with Crippen molar-refractivity contribution >= 4 is 27.6 Å². The Morgan fingerprint density at radius 2 is 2.00 bits per heavy atom. The molecular weight excluding hydrogens is 284 g/mol. The lowest BCUT2D eigenvalue weighted by molar-refractivity contribution is 0.396. The fraction of sp³-hybridized carbons (Fsp3) is 0.600. The largest absolute Gasteiger partial charge is 0.369 e. The summed E-state index contributed by atoms with van der Waals surface area (Å²) in [5.41, 5.74) is 2.51. The van der Waals surface area contributed by atoms with Crippen molar-refractivity contribution in [2.45, 2.75) is 12.8 Å². The van der Waals surface area contributed by atoms with E-state index in [9.17, 15) is 0 Å². The standard InChI is InChI=1S/C10H19BrN6/c1-17(2)6-4-3-5-13-9-8(11)10(16-12)15-7-14-9/h7H,3-6,12H2,1-2H3,(H2,13,14,15,16). The predicted octanol–water partition coefficient (Wildman–Crippen LogP) is 1.28. The van der Waals surface area contributed by atoms with Crippen LogP contribution in [0.1, 0.15) is 12.8 Å². The maximum absolute atomic E-state index is 5.33. The highest BCUT2D eigenvalue weighted by Gasteiger charge is 2.06. The van der Waals surface area contributed by atoms with Crippen LogP contribution in [0.2, 0.25) is 0 Å². The van der Waals surface area contributed by atoms with E-state index in [0.29, 0.717) is 5.82 Å². The lowest BCUT2D eigenvalue weighted by atomic mass is 10.3. The van der Waals surface area contributed by atoms with Crippen molar-refractivity contribution in [1.82, 2.24) is 14.9 Å². The Morgan fingerprint density at radius 3 is 2.65 bits per heavy atom. The summed E-state index contributed by atoms with van der Waals surface area (Å²) in [5, 5.41) is 3.25. The minimum atomic E-state index is 0.579. The smallest absolute Gasteiger partial charge is 0.159 e. The number of aromatic nitrogens is 2. The van der Waals surface area contributed by atoms with Crippen molar-refractivity contribution in [2.24, 2.45) is 5.84 Å². The van der Waals surface area contributed by atoms with Crippen molar-refractivity contribution in [3.8, 4) is 0 Å². The molecular formula is C10H19BrN6. The molecule has 0 radical (unpaired) electrons. The first-order chi connectivity index (χ1) is 8.15. The third-order valence-electron chi connectivity index (χ3n) is 2.25. The van der Waals surface area contributed by atoms with E-state index in [4.69, 9.17) is 5.84 Å². The van der Waals surface area contributed by atoms with Crippen LogP contribution in [-0.2, 0) is 0 Å². The third kappa shape index (κ3) is 4.84. The number of hydrogen-bond acceptors (Lipinski definition) is 6. The fourth-order valence-corrected chi connectivity index (χ4v) is 1.81. The minimum Gasteiger partial charge on any atom is -0.369 e. The lowest BCUT2D eigenvalue weighted by Gasteiger charge is -2.11. The summed E-state index contributed by atoms with van der Waals surface area (Å²) in [4.78, 5) is 10.3. The molecule has 1 aromatic rings. The molecule has 0 bridgehead atoms. The first-order valence-corrected chi connectivity index (χ1v) is 6.30. The molecule has 0 atom stereocenters. The van der Waals surface area contributed by atoms with Crippen molar-refractivity contribution in [3.05, 3.63) is 10.8 Å². The number of anilines is 2. The molecule has 7 heteroatoms. The number of rotatable bonds is 7. The molecule has 0 fully saturated rings. The van der Waals surface area contributed by atoms with Gasteiger partial charge in [0.2, 0.25) is 0 Å². The Labute approximate surface area is 110 Å². The van der Waals surface area contributed by atoms with Gasteiger partial charge in [-0.2, -0.15) is 0 Å². The highest BCUT2D eigenvalue weighted by molar-refractivity contribution is 9.10. The van der Waals surface area contributed by atoms with Crippen LogP contribution in [-0.4, -0.2) is 42.1 Å². The summed E-state index contributed by atoms with van der Waals surface area (Å²) in [5.74, 6) is 6.67. The van der Waals surface area contributed by atoms with Crippen molar-refractivity contribution in [3.63, 3.8) is 0 Å². The van der Waals surface area contributed by atoms with E-state index in [1.165, 1.54) is 6.33 Å². The van der Waals surface area contributed by atoms with E-state index in [0.717, 1.165) is 36.2 Å². The van der Waals surface area contributed by atoms with E-state index < -0.39 is 0 Å². The van der Waals surface area contributed by atoms with Crippen LogP contribution in [0.15, 0.2) is 10.8 Å². The Kier molecular flexibility index (Phi) is 6.17. The van der Waals surface area contributed by atoms with Gasteiger partial charge in [0, 0.05) is 6.54 Å². The molecule has 0 aliphatic carbocycles. The lowest BCUT2D eigenvalue weighted by Crippen LogP contribution is -2.15. The van der Waals surface area contributed by atoms with Gasteiger partial charge in [-0.25, -0.2) is 15.8 Å². The topological polar surface area (TPSA) is 79.1 Å². The Morgan fingerprint density at radius 1 is 1.29 bits per heavy atom. The van der Waals surface area contributed by atoms with Gasteiger partial charge < -0.3 is 15.6 Å². The van der Waals surface area contributed by atoms with Crippen LogP contribution in [0.25, 0.3) is 0 Å². The first kappa shape index (κ1) is 14.1. The number of halogens is 1. The molecule has 0 aliphatic rings. The molecule has 1 heterocycles. The first-order valence-electron chi connectivity index (χ1n) is 5.51. The molecule has 96 valence electrons. The van der Waals surface area contributed by atoms with Crippen LogP contribution in [0.3, 0.4) is 0 Å². The Bertz CT molecular complexity index is 344. The zero-order valence-electron chi connectivity index (χ0n) is 10.2. The molecule has 6 nitrogen and oxygen atoms in total. The number of nitrogens with zero attached hydrogens (tertiary/aromatic N) is 3. The summed E-state index contributed by atoms with van der Waals surface area (Å²) in [6, 6.07) is 0. The van der Waals surface area contributed by atoms with Gasteiger partial charge in [-0.3, -0.25) is 0 Å². The van der Waals surface area contributed by atoms with E-state index in [1.807, 2.05) is 0 Å². The van der Waals surface area contributed by atoms with Crippen LogP contribution >= 0.6 is 15.9 Å². The fourth-order valence-electron chi connectivity index (χ4n) is 1.35. The average molecular weight is 303 g/mol. The van der Waals surface area contributed by atoms with E-state index >= 15 is 0 Å². The van der Waals surface area contributed by atoms with Gasteiger partial charge in [0.15, 0.2) is 5.82 Å². The second kappa shape index (κ2) is 7.41. The second-order valence-corrected chi connectivity index (χ2v) is 4.76. The van der Waals surface area contributed by atoms with Gasteiger partial charge in [0.1, 0.15) is 16.6 Å². The average Bonchev–Trinajstić information content (AvgIpc) is 2.30. The second-order valence-electron chi connectivity index (χ2n) is 3.97. The van der Waals surface area contributed by atoms with Crippen LogP contribution in [0.4, 0.5) is 11.6 Å². The van der Waals surface area contributed by atoms with Gasteiger partial charge in [0.05, 0.1) is 0 Å². The Balaban J connectivity index is 2.36. The molecule has 0 saturated carbocycles. The number of hydrazine groups is 1. The molecule has 0 unspecified atom stereocenters. The van der Waals surface area contributed by atoms with Crippen molar-refractivity contribution in [2.75, 3.05) is 37.9 Å². The molecule has 0 amide bonds. The summed E-state index contributed by atoms with van der Waals surface area (Å²) in [6.45, 7) is 1.98. The molecule has 0 spiro atoms. The maximum Gasteiger partial charge on any atom is 0.159 e. The molecule has 4 N–H and O–H groups in total. The molecule has 1 aromatic heterocycles. The van der Waals surface area contributed by atoms with Gasteiger partial charge in [-0.1, -0.05) is 0 Å². The van der Waals surface area contributed by atoms with Crippen LogP contribution in [0, 0.1) is 0 Å². The van der Waals surface area contributed by atoms with Crippen LogP contribution < -0.4 is 16.6 Å². The number of nitrogen functional groups attached to an aromatic ring is 1. The summed E-state index contributed by atoms with van der Waals surface area (Å²) in [6.07, 6.45) is 3.73. The monoisotopic (exact) mass is 302 g/mol. The summed E-state index contributed by atoms with van der Waals surface area (Å²) >= 11 is 3.40. The summed E-state index contributed by atoms with van der Waals surface area (Å²) < 4.78 is 0.759. The quantitative estimate of drug-likeness (QED) is 0.400. The number of nitrogens with one attached hydrogen (secondary N) is 2. The third-order valence-corrected chi connectivity index (χ3v) is 3.00. The van der Waals surface area contributed by atoms with Gasteiger partial charge >= 0.3 is 0 Å². The zero-order chi connectivity index (χ0) is 12.7. The normalized spacial score (nSPS) is 10.6. The van der Waals surface area contributed by atoms with Crippen molar-refractivity contribution < 1.29 is 0 Å². The number of nitrogens with two attached hydrogens (primary N) is 1. The zero-order valence-corrected chi connectivity index (χ0v) is 11.8. The molecule has 17 heavy (non-hydrogen) atoms. The maximum atomic E-state index is 5.33. The predicted molar refractivity (Wildman–Crippen MR) is 73.8 cm³/mol. The van der Waals surface area contributed by atoms with Gasteiger partial charge in [0.25, 0.3) is 0 Å². The SMILES string of the molecule is CN(C)CCCCNc1ncnc(NN)c1Br. The highest BCUT2D eigenvalue weighted by Crippen LogP contribution is 2.25. The molecule has 0 aromatic carbocycles. The minimum absolute atomic E-state index is 0.579. The molecule has 0 aliphatic heterocycles.